The van der Waals surface area contributed by atoms with E-state index in [4.69, 9.17) is 5.11 Å². The smallest absolute Gasteiger partial charge is 0.303 e. The van der Waals surface area contributed by atoms with Crippen LogP contribution in [0.25, 0.3) is 0 Å². The average molecular weight is 254 g/mol. The Bertz CT molecular complexity index is 329. The molecule has 1 atom stereocenters. The molecule has 0 aromatic carbocycles. The molecule has 0 bridgehead atoms. The zero-order valence-electron chi connectivity index (χ0n) is 10.9. The third-order valence-corrected chi connectivity index (χ3v) is 4.21. The van der Waals surface area contributed by atoms with Crippen molar-refractivity contribution >= 4 is 11.9 Å². The molecular weight excluding hydrogens is 232 g/mol. The first-order chi connectivity index (χ1) is 8.51. The third kappa shape index (κ3) is 2.83. The molecule has 0 spiro atoms. The lowest BCUT2D eigenvalue weighted by Gasteiger charge is -2.36. The number of piperidine rings is 1. The number of amides is 1. The molecular formula is C13H22N2O3. The number of hydrogen-bond donors (Lipinski definition) is 2. The number of nitrogens with one attached hydrogen (secondary N) is 1. The standard InChI is InChI=1S/C13H22N2O3/c1-13(5-2-6-14-13)12(18)15-7-3-10(4-8-15)9-11(16)17/h10,14H,2-9H2,1H3,(H,16,17). The Morgan fingerprint density at radius 2 is 2.06 bits per heavy atom. The number of aliphatic carboxylic acids is 1. The third-order valence-electron chi connectivity index (χ3n) is 4.21. The number of carbonyl (C=O) groups is 2. The van der Waals surface area contributed by atoms with Crippen LogP contribution in [0.4, 0.5) is 0 Å². The van der Waals surface area contributed by atoms with Gasteiger partial charge in [-0.05, 0) is 45.1 Å². The highest BCUT2D eigenvalue weighted by molar-refractivity contribution is 5.86. The van der Waals surface area contributed by atoms with Crippen molar-refractivity contribution in [3.63, 3.8) is 0 Å². The molecule has 2 heterocycles. The topological polar surface area (TPSA) is 69.6 Å². The molecule has 0 saturated carbocycles. The predicted octanol–water partition coefficient (Wildman–Crippen LogP) is 0.842. The lowest BCUT2D eigenvalue weighted by Crippen LogP contribution is -2.54. The molecule has 5 heteroatoms. The van der Waals surface area contributed by atoms with Crippen molar-refractivity contribution in [1.82, 2.24) is 10.2 Å². The Labute approximate surface area is 108 Å². The minimum Gasteiger partial charge on any atom is -0.481 e. The molecule has 0 radical (unpaired) electrons. The van der Waals surface area contributed by atoms with E-state index in [0.29, 0.717) is 13.1 Å². The summed E-state index contributed by atoms with van der Waals surface area (Å²) < 4.78 is 0. The van der Waals surface area contributed by atoms with Crippen LogP contribution < -0.4 is 5.32 Å². The molecule has 2 saturated heterocycles. The molecule has 102 valence electrons. The van der Waals surface area contributed by atoms with Crippen LogP contribution in [-0.2, 0) is 9.59 Å². The number of carboxylic acids is 1. The summed E-state index contributed by atoms with van der Waals surface area (Å²) in [4.78, 5) is 25.0. The van der Waals surface area contributed by atoms with Crippen LogP contribution in [-0.4, -0.2) is 47.1 Å². The number of carboxylic acid groups (broad SMARTS) is 1. The van der Waals surface area contributed by atoms with E-state index >= 15 is 0 Å². The summed E-state index contributed by atoms with van der Waals surface area (Å²) in [5.74, 6) is -0.311. The molecule has 2 rings (SSSR count). The largest absolute Gasteiger partial charge is 0.481 e. The maximum atomic E-state index is 12.4. The van der Waals surface area contributed by atoms with E-state index in [0.717, 1.165) is 32.2 Å². The van der Waals surface area contributed by atoms with Gasteiger partial charge < -0.3 is 15.3 Å². The monoisotopic (exact) mass is 254 g/mol. The van der Waals surface area contributed by atoms with E-state index in [1.54, 1.807) is 0 Å². The van der Waals surface area contributed by atoms with Gasteiger partial charge in [0.1, 0.15) is 0 Å². The summed E-state index contributed by atoms with van der Waals surface area (Å²) in [7, 11) is 0. The van der Waals surface area contributed by atoms with Crippen molar-refractivity contribution in [1.29, 1.82) is 0 Å². The zero-order chi connectivity index (χ0) is 13.2. The Balaban J connectivity index is 1.86. The van der Waals surface area contributed by atoms with Gasteiger partial charge in [0.05, 0.1) is 5.54 Å². The number of nitrogens with zero attached hydrogens (tertiary/aromatic N) is 1. The first-order valence-electron chi connectivity index (χ1n) is 6.77. The molecule has 0 aromatic heterocycles. The van der Waals surface area contributed by atoms with E-state index in [9.17, 15) is 9.59 Å². The highest BCUT2D eigenvalue weighted by Gasteiger charge is 2.39. The lowest BCUT2D eigenvalue weighted by atomic mass is 9.91. The van der Waals surface area contributed by atoms with Crippen molar-refractivity contribution in [3.05, 3.63) is 0 Å². The first-order valence-corrected chi connectivity index (χ1v) is 6.77. The van der Waals surface area contributed by atoms with Gasteiger partial charge in [-0.3, -0.25) is 9.59 Å². The molecule has 1 amide bonds. The Morgan fingerprint density at radius 3 is 2.56 bits per heavy atom. The summed E-state index contributed by atoms with van der Waals surface area (Å²) in [6.45, 7) is 4.30. The fourth-order valence-corrected chi connectivity index (χ4v) is 3.01. The van der Waals surface area contributed by atoms with Crippen LogP contribution in [0.3, 0.4) is 0 Å². The normalized spacial score (nSPS) is 29.5. The van der Waals surface area contributed by atoms with Crippen molar-refractivity contribution in [2.45, 2.75) is 44.6 Å². The number of carbonyl (C=O) groups excluding carboxylic acids is 1. The second-order valence-corrected chi connectivity index (χ2v) is 5.70. The van der Waals surface area contributed by atoms with Gasteiger partial charge in [-0.25, -0.2) is 0 Å². The summed E-state index contributed by atoms with van der Waals surface area (Å²) in [5, 5.41) is 12.1. The summed E-state index contributed by atoms with van der Waals surface area (Å²) >= 11 is 0. The van der Waals surface area contributed by atoms with Crippen LogP contribution in [0.1, 0.15) is 39.0 Å². The molecule has 1 unspecified atom stereocenters. The van der Waals surface area contributed by atoms with Gasteiger partial charge in [-0.2, -0.15) is 0 Å². The maximum Gasteiger partial charge on any atom is 0.303 e. The highest BCUT2D eigenvalue weighted by atomic mass is 16.4. The quantitative estimate of drug-likeness (QED) is 0.783. The fraction of sp³-hybridized carbons (Fsp3) is 0.846. The SMILES string of the molecule is CC1(C(=O)N2CCC(CC(=O)O)CC2)CCCN1. The van der Waals surface area contributed by atoms with Gasteiger partial charge in [0.25, 0.3) is 0 Å². The fourth-order valence-electron chi connectivity index (χ4n) is 3.01. The van der Waals surface area contributed by atoms with Crippen molar-refractivity contribution < 1.29 is 14.7 Å². The molecule has 18 heavy (non-hydrogen) atoms. The Morgan fingerprint density at radius 1 is 1.39 bits per heavy atom. The van der Waals surface area contributed by atoms with Gasteiger partial charge in [-0.15, -0.1) is 0 Å². The Hall–Kier alpha value is -1.10. The minimum atomic E-state index is -0.732. The first kappa shape index (κ1) is 13.3. The molecule has 0 aliphatic carbocycles. The van der Waals surface area contributed by atoms with E-state index < -0.39 is 5.97 Å². The van der Waals surface area contributed by atoms with Crippen LogP contribution in [0.5, 0.6) is 0 Å². The average Bonchev–Trinajstić information content (AvgIpc) is 2.77. The van der Waals surface area contributed by atoms with Gasteiger partial charge in [0, 0.05) is 19.5 Å². The van der Waals surface area contributed by atoms with Crippen LogP contribution in [0, 0.1) is 5.92 Å². The summed E-state index contributed by atoms with van der Waals surface area (Å²) in [6, 6.07) is 0. The summed E-state index contributed by atoms with van der Waals surface area (Å²) in [6.07, 6.45) is 3.82. The molecule has 2 aliphatic heterocycles. The van der Waals surface area contributed by atoms with Gasteiger partial charge in [0.2, 0.25) is 5.91 Å². The molecule has 2 aliphatic rings. The number of hydrogen-bond acceptors (Lipinski definition) is 3. The van der Waals surface area contributed by atoms with Crippen LogP contribution in [0.2, 0.25) is 0 Å². The predicted molar refractivity (Wildman–Crippen MR) is 67.2 cm³/mol. The van der Waals surface area contributed by atoms with Crippen LogP contribution in [0.15, 0.2) is 0 Å². The Kier molecular flexibility index (Phi) is 3.90. The number of rotatable bonds is 3. The second-order valence-electron chi connectivity index (χ2n) is 5.70. The van der Waals surface area contributed by atoms with E-state index in [2.05, 4.69) is 5.32 Å². The van der Waals surface area contributed by atoms with Crippen molar-refractivity contribution in [2.75, 3.05) is 19.6 Å². The second kappa shape index (κ2) is 5.26. The zero-order valence-corrected chi connectivity index (χ0v) is 10.9. The molecule has 2 fully saturated rings. The lowest BCUT2D eigenvalue weighted by molar-refractivity contribution is -0.140. The van der Waals surface area contributed by atoms with E-state index in [-0.39, 0.29) is 23.8 Å². The van der Waals surface area contributed by atoms with Gasteiger partial charge >= 0.3 is 5.97 Å². The molecule has 2 N–H and O–H groups in total. The molecule has 0 aromatic rings. The highest BCUT2D eigenvalue weighted by Crippen LogP contribution is 2.26. The van der Waals surface area contributed by atoms with E-state index in [1.807, 2.05) is 11.8 Å². The summed E-state index contributed by atoms with van der Waals surface area (Å²) in [5.41, 5.74) is -0.389. The maximum absolute atomic E-state index is 12.4. The van der Waals surface area contributed by atoms with Crippen LogP contribution >= 0.6 is 0 Å². The van der Waals surface area contributed by atoms with Gasteiger partial charge in [-0.1, -0.05) is 0 Å². The molecule has 5 nitrogen and oxygen atoms in total. The minimum absolute atomic E-state index is 0.189. The van der Waals surface area contributed by atoms with Crippen molar-refractivity contribution in [3.8, 4) is 0 Å². The van der Waals surface area contributed by atoms with Gasteiger partial charge in [0.15, 0.2) is 0 Å². The van der Waals surface area contributed by atoms with Crippen molar-refractivity contribution in [2.24, 2.45) is 5.92 Å². The van der Waals surface area contributed by atoms with E-state index in [1.165, 1.54) is 0 Å². The number of likely N-dealkylation sites (tertiary alicyclic amines) is 1.